The summed E-state index contributed by atoms with van der Waals surface area (Å²) in [6, 6.07) is 3.47. The number of aromatic nitrogens is 1. The molecule has 138 valence electrons. The zero-order valence-corrected chi connectivity index (χ0v) is 16.4. The minimum absolute atomic E-state index is 0.323. The average molecular weight is 373 g/mol. The fraction of sp³-hybridized carbons (Fsp3) is 0.421. The molecule has 3 heterocycles. The number of nitrogens with one attached hydrogen (secondary N) is 1. The van der Waals surface area contributed by atoms with E-state index in [2.05, 4.69) is 10.3 Å². The SMILES string of the molecule is Cc1ccc(C(=O)Nc2sc3c(c2C(N)=O)CC(C)(C)OC3(C)C)cn1. The van der Waals surface area contributed by atoms with Crippen LogP contribution in [0.15, 0.2) is 18.3 Å². The third-order valence-corrected chi connectivity index (χ3v) is 5.79. The van der Waals surface area contributed by atoms with Gasteiger partial charge in [-0.05, 0) is 52.3 Å². The molecule has 3 N–H and O–H groups in total. The van der Waals surface area contributed by atoms with Gasteiger partial charge in [0.2, 0.25) is 0 Å². The van der Waals surface area contributed by atoms with Gasteiger partial charge in [0.15, 0.2) is 0 Å². The Kier molecular flexibility index (Phi) is 4.40. The van der Waals surface area contributed by atoms with Crippen molar-refractivity contribution in [2.24, 2.45) is 5.73 Å². The molecule has 0 atom stereocenters. The van der Waals surface area contributed by atoms with E-state index in [0.29, 0.717) is 22.5 Å². The van der Waals surface area contributed by atoms with Gasteiger partial charge < -0.3 is 15.8 Å². The van der Waals surface area contributed by atoms with E-state index in [9.17, 15) is 9.59 Å². The molecule has 0 fully saturated rings. The molecule has 26 heavy (non-hydrogen) atoms. The molecular weight excluding hydrogens is 350 g/mol. The Morgan fingerprint density at radius 2 is 1.96 bits per heavy atom. The number of carbonyl (C=O) groups is 2. The fourth-order valence-corrected chi connectivity index (χ4v) is 4.70. The standard InChI is InChI=1S/C19H23N3O3S/c1-10-6-7-11(9-21-10)16(24)22-17-13(15(20)23)12-8-18(2,3)25-19(4,5)14(12)26-17/h6-7,9H,8H2,1-5H3,(H2,20,23)(H,22,24). The number of aryl methyl sites for hydroxylation is 1. The number of hydrogen-bond acceptors (Lipinski definition) is 5. The molecule has 0 saturated heterocycles. The van der Waals surface area contributed by atoms with Gasteiger partial charge in [0.05, 0.1) is 22.3 Å². The van der Waals surface area contributed by atoms with Crippen LogP contribution in [0.3, 0.4) is 0 Å². The number of nitrogens with zero attached hydrogens (tertiary/aromatic N) is 1. The predicted molar refractivity (Wildman–Crippen MR) is 102 cm³/mol. The molecule has 0 spiro atoms. The highest BCUT2D eigenvalue weighted by Gasteiger charge is 2.42. The molecule has 0 aliphatic carbocycles. The fourth-order valence-electron chi connectivity index (χ4n) is 3.45. The van der Waals surface area contributed by atoms with Crippen molar-refractivity contribution in [3.8, 4) is 0 Å². The van der Waals surface area contributed by atoms with Crippen LogP contribution in [0.2, 0.25) is 0 Å². The molecule has 0 unspecified atom stereocenters. The largest absolute Gasteiger partial charge is 0.365 e. The van der Waals surface area contributed by atoms with E-state index < -0.39 is 17.1 Å². The van der Waals surface area contributed by atoms with Gasteiger partial charge in [-0.25, -0.2) is 0 Å². The van der Waals surface area contributed by atoms with Crippen LogP contribution in [0.1, 0.15) is 64.5 Å². The summed E-state index contributed by atoms with van der Waals surface area (Å²) >= 11 is 1.35. The number of rotatable bonds is 3. The van der Waals surface area contributed by atoms with Crippen molar-refractivity contribution in [2.75, 3.05) is 5.32 Å². The van der Waals surface area contributed by atoms with Gasteiger partial charge in [-0.15, -0.1) is 11.3 Å². The monoisotopic (exact) mass is 373 g/mol. The normalized spacial score (nSPS) is 17.4. The maximum atomic E-state index is 12.6. The molecule has 1 aliphatic rings. The highest BCUT2D eigenvalue weighted by atomic mass is 32.1. The molecule has 0 radical (unpaired) electrons. The highest BCUT2D eigenvalue weighted by molar-refractivity contribution is 7.17. The molecular formula is C19H23N3O3S. The quantitative estimate of drug-likeness (QED) is 0.862. The molecule has 1 aliphatic heterocycles. The lowest BCUT2D eigenvalue weighted by Gasteiger charge is -2.41. The lowest BCUT2D eigenvalue weighted by Crippen LogP contribution is -2.42. The summed E-state index contributed by atoms with van der Waals surface area (Å²) in [5.74, 6) is -0.870. The summed E-state index contributed by atoms with van der Waals surface area (Å²) in [7, 11) is 0. The van der Waals surface area contributed by atoms with Gasteiger partial charge in [-0.2, -0.15) is 0 Å². The number of anilines is 1. The van der Waals surface area contributed by atoms with Crippen LogP contribution < -0.4 is 11.1 Å². The summed E-state index contributed by atoms with van der Waals surface area (Å²) in [6.45, 7) is 9.74. The molecule has 0 saturated carbocycles. The third-order valence-electron chi connectivity index (χ3n) is 4.33. The zero-order valence-electron chi connectivity index (χ0n) is 15.6. The number of pyridine rings is 1. The van der Waals surface area contributed by atoms with E-state index in [0.717, 1.165) is 16.1 Å². The number of primary amides is 1. The Hall–Kier alpha value is -2.25. The number of amides is 2. The number of ether oxygens (including phenoxy) is 1. The predicted octanol–water partition coefficient (Wildman–Crippen LogP) is 3.39. The van der Waals surface area contributed by atoms with Gasteiger partial charge in [-0.3, -0.25) is 14.6 Å². The van der Waals surface area contributed by atoms with Crippen molar-refractivity contribution in [2.45, 2.75) is 52.2 Å². The van der Waals surface area contributed by atoms with Crippen LogP contribution in [0.25, 0.3) is 0 Å². The van der Waals surface area contributed by atoms with E-state index >= 15 is 0 Å². The smallest absolute Gasteiger partial charge is 0.257 e. The summed E-state index contributed by atoms with van der Waals surface area (Å²) in [5.41, 5.74) is 7.15. The highest BCUT2D eigenvalue weighted by Crippen LogP contribution is 2.48. The number of nitrogens with two attached hydrogens (primary N) is 1. The average Bonchev–Trinajstić information content (AvgIpc) is 2.84. The number of thiophene rings is 1. The van der Waals surface area contributed by atoms with Gasteiger partial charge in [-0.1, -0.05) is 0 Å². The van der Waals surface area contributed by atoms with E-state index in [1.54, 1.807) is 12.1 Å². The topological polar surface area (TPSA) is 94.3 Å². The summed E-state index contributed by atoms with van der Waals surface area (Å²) in [4.78, 5) is 29.8. The Labute approximate surface area is 156 Å². The Bertz CT molecular complexity index is 882. The molecule has 6 nitrogen and oxygen atoms in total. The van der Waals surface area contributed by atoms with Crippen LogP contribution in [0.5, 0.6) is 0 Å². The molecule has 2 aromatic heterocycles. The van der Waals surface area contributed by atoms with Crippen LogP contribution in [-0.2, 0) is 16.8 Å². The summed E-state index contributed by atoms with van der Waals surface area (Å²) in [6.07, 6.45) is 2.07. The number of carbonyl (C=O) groups excluding carboxylic acids is 2. The molecule has 2 aromatic rings. The molecule has 0 aromatic carbocycles. The number of hydrogen-bond donors (Lipinski definition) is 2. The van der Waals surface area contributed by atoms with Crippen molar-refractivity contribution >= 4 is 28.2 Å². The summed E-state index contributed by atoms with van der Waals surface area (Å²) in [5, 5.41) is 3.29. The Morgan fingerprint density at radius 3 is 2.54 bits per heavy atom. The molecule has 0 bridgehead atoms. The first-order valence-electron chi connectivity index (χ1n) is 8.40. The van der Waals surface area contributed by atoms with Crippen LogP contribution in [0, 0.1) is 6.92 Å². The second kappa shape index (κ2) is 6.17. The van der Waals surface area contributed by atoms with E-state index in [-0.39, 0.29) is 5.91 Å². The van der Waals surface area contributed by atoms with Crippen LogP contribution >= 0.6 is 11.3 Å². The van der Waals surface area contributed by atoms with E-state index in [1.807, 2.05) is 34.6 Å². The van der Waals surface area contributed by atoms with Crippen molar-refractivity contribution in [3.63, 3.8) is 0 Å². The first kappa shape index (κ1) is 18.5. The van der Waals surface area contributed by atoms with Crippen molar-refractivity contribution in [3.05, 3.63) is 45.6 Å². The second-order valence-electron chi connectivity index (χ2n) is 7.67. The van der Waals surface area contributed by atoms with Gasteiger partial charge in [0, 0.05) is 23.2 Å². The second-order valence-corrected chi connectivity index (χ2v) is 8.69. The van der Waals surface area contributed by atoms with E-state index in [1.165, 1.54) is 17.5 Å². The summed E-state index contributed by atoms with van der Waals surface area (Å²) < 4.78 is 6.17. The lowest BCUT2D eigenvalue weighted by molar-refractivity contribution is -0.135. The van der Waals surface area contributed by atoms with Crippen LogP contribution in [0.4, 0.5) is 5.00 Å². The number of fused-ring (bicyclic) bond motifs is 1. The zero-order chi connectivity index (χ0) is 19.3. The lowest BCUT2D eigenvalue weighted by atomic mass is 9.86. The molecule has 3 rings (SSSR count). The molecule has 2 amide bonds. The first-order chi connectivity index (χ1) is 12.0. The minimum Gasteiger partial charge on any atom is -0.365 e. The minimum atomic E-state index is -0.569. The van der Waals surface area contributed by atoms with E-state index in [4.69, 9.17) is 10.5 Å². The first-order valence-corrected chi connectivity index (χ1v) is 9.22. The Balaban J connectivity index is 2.03. The maximum Gasteiger partial charge on any atom is 0.257 e. The Morgan fingerprint density at radius 1 is 1.27 bits per heavy atom. The van der Waals surface area contributed by atoms with Crippen molar-refractivity contribution in [1.82, 2.24) is 4.98 Å². The van der Waals surface area contributed by atoms with Crippen molar-refractivity contribution < 1.29 is 14.3 Å². The van der Waals surface area contributed by atoms with Gasteiger partial charge in [0.1, 0.15) is 5.00 Å². The van der Waals surface area contributed by atoms with Crippen LogP contribution in [-0.4, -0.2) is 22.4 Å². The third kappa shape index (κ3) is 3.37. The molecule has 7 heteroatoms. The van der Waals surface area contributed by atoms with Crippen molar-refractivity contribution in [1.29, 1.82) is 0 Å². The van der Waals surface area contributed by atoms with Gasteiger partial charge >= 0.3 is 0 Å². The maximum absolute atomic E-state index is 12.6. The van der Waals surface area contributed by atoms with Gasteiger partial charge in [0.25, 0.3) is 11.8 Å².